The van der Waals surface area contributed by atoms with Crippen LogP contribution in [-0.4, -0.2) is 15.3 Å². The van der Waals surface area contributed by atoms with Gasteiger partial charge in [0.25, 0.3) is 0 Å². The Morgan fingerprint density at radius 2 is 2.38 bits per heavy atom. The van der Waals surface area contributed by atoms with Gasteiger partial charge in [0.15, 0.2) is 0 Å². The molecule has 0 atom stereocenters. The molecule has 3 aromatic rings. The van der Waals surface area contributed by atoms with Crippen molar-refractivity contribution in [3.8, 4) is 0 Å². The van der Waals surface area contributed by atoms with E-state index in [-0.39, 0.29) is 0 Å². The molecule has 3 N–H and O–H groups in total. The second-order valence-corrected chi connectivity index (χ2v) is 2.85. The van der Waals surface area contributed by atoms with Gasteiger partial charge in [0.1, 0.15) is 11.0 Å². The van der Waals surface area contributed by atoms with Crippen molar-refractivity contribution < 1.29 is 4.63 Å². The van der Waals surface area contributed by atoms with Crippen LogP contribution in [0.3, 0.4) is 0 Å². The van der Waals surface area contributed by atoms with Gasteiger partial charge < -0.3 is 5.73 Å². The second-order valence-electron chi connectivity index (χ2n) is 2.85. The Bertz CT molecular complexity index is 580. The number of nitrogens with two attached hydrogens (primary N) is 1. The van der Waals surface area contributed by atoms with E-state index in [1.807, 2.05) is 6.07 Å². The van der Waals surface area contributed by atoms with Crippen LogP contribution < -0.4 is 5.73 Å². The molecule has 2 aromatic heterocycles. The molecular formula is C8H6N4O. The number of hydrogen-bond acceptors (Lipinski definition) is 4. The van der Waals surface area contributed by atoms with Gasteiger partial charge in [-0.05, 0) is 12.1 Å². The Hall–Kier alpha value is -2.04. The van der Waals surface area contributed by atoms with Crippen molar-refractivity contribution in [1.82, 2.24) is 15.3 Å². The molecule has 0 amide bonds. The fourth-order valence-electron chi connectivity index (χ4n) is 1.47. The number of anilines is 1. The zero-order valence-corrected chi connectivity index (χ0v) is 6.61. The normalized spacial score (nSPS) is 11.4. The van der Waals surface area contributed by atoms with Crippen molar-refractivity contribution in [1.29, 1.82) is 0 Å². The van der Waals surface area contributed by atoms with Crippen molar-refractivity contribution >= 4 is 27.6 Å². The molecule has 0 spiro atoms. The molecule has 0 bridgehead atoms. The first-order chi connectivity index (χ1) is 6.36. The van der Waals surface area contributed by atoms with E-state index in [2.05, 4.69) is 15.3 Å². The maximum atomic E-state index is 5.75. The molecule has 2 heterocycles. The molecular weight excluding hydrogens is 168 g/mol. The highest BCUT2D eigenvalue weighted by Gasteiger charge is 2.08. The summed E-state index contributed by atoms with van der Waals surface area (Å²) >= 11 is 0. The molecule has 5 nitrogen and oxygen atoms in total. The summed E-state index contributed by atoms with van der Waals surface area (Å²) < 4.78 is 4.74. The minimum absolute atomic E-state index is 0.599. The lowest BCUT2D eigenvalue weighted by molar-refractivity contribution is 0.316. The number of H-pyrrole nitrogens is 1. The quantitative estimate of drug-likeness (QED) is 0.503. The van der Waals surface area contributed by atoms with Gasteiger partial charge in [0.2, 0.25) is 0 Å². The van der Waals surface area contributed by atoms with Crippen LogP contribution in [-0.2, 0) is 0 Å². The van der Waals surface area contributed by atoms with Crippen LogP contribution in [0.1, 0.15) is 0 Å². The van der Waals surface area contributed by atoms with Crippen molar-refractivity contribution in [2.75, 3.05) is 5.73 Å². The highest BCUT2D eigenvalue weighted by molar-refractivity contribution is 6.07. The molecule has 5 heteroatoms. The summed E-state index contributed by atoms with van der Waals surface area (Å²) in [6.45, 7) is 0. The smallest absolute Gasteiger partial charge is 0.144 e. The Labute approximate surface area is 72.5 Å². The zero-order valence-electron chi connectivity index (χ0n) is 6.61. The SMILES string of the molecule is Nc1cc2nccc2c2no[nH]c12. The number of aromatic nitrogens is 3. The number of hydrogen-bond donors (Lipinski definition) is 2. The Balaban J connectivity index is 2.70. The monoisotopic (exact) mass is 174 g/mol. The predicted octanol–water partition coefficient (Wildman–Crippen LogP) is 1.29. The lowest BCUT2D eigenvalue weighted by atomic mass is 10.2. The van der Waals surface area contributed by atoms with Crippen molar-refractivity contribution in [3.05, 3.63) is 18.3 Å². The third-order valence-electron chi connectivity index (χ3n) is 2.09. The largest absolute Gasteiger partial charge is 0.397 e. The van der Waals surface area contributed by atoms with Gasteiger partial charge in [-0.3, -0.25) is 9.61 Å². The lowest BCUT2D eigenvalue weighted by Gasteiger charge is -1.93. The molecule has 0 saturated carbocycles. The van der Waals surface area contributed by atoms with E-state index in [1.165, 1.54) is 0 Å². The van der Waals surface area contributed by atoms with Gasteiger partial charge in [0.05, 0.1) is 11.2 Å². The van der Waals surface area contributed by atoms with Gasteiger partial charge in [-0.25, -0.2) is 0 Å². The molecule has 3 rings (SSSR count). The van der Waals surface area contributed by atoms with E-state index < -0.39 is 0 Å². The third-order valence-corrected chi connectivity index (χ3v) is 2.09. The van der Waals surface area contributed by atoms with Gasteiger partial charge in [-0.2, -0.15) is 5.16 Å². The van der Waals surface area contributed by atoms with Gasteiger partial charge in [0, 0.05) is 11.6 Å². The lowest BCUT2D eigenvalue weighted by Crippen LogP contribution is -1.86. The fraction of sp³-hybridized carbons (Fsp3) is 0. The van der Waals surface area contributed by atoms with Crippen LogP contribution in [0.2, 0.25) is 0 Å². The van der Waals surface area contributed by atoms with Crippen LogP contribution in [0.15, 0.2) is 23.0 Å². The first-order valence-corrected chi connectivity index (χ1v) is 3.83. The molecule has 64 valence electrons. The maximum absolute atomic E-state index is 5.75. The van der Waals surface area contributed by atoms with Gasteiger partial charge >= 0.3 is 0 Å². The van der Waals surface area contributed by atoms with E-state index in [4.69, 9.17) is 10.4 Å². The number of rotatable bonds is 0. The highest BCUT2D eigenvalue weighted by Crippen LogP contribution is 2.26. The third kappa shape index (κ3) is 0.703. The van der Waals surface area contributed by atoms with Crippen LogP contribution in [0.5, 0.6) is 0 Å². The number of benzene rings is 1. The summed E-state index contributed by atoms with van der Waals surface area (Å²) in [7, 11) is 0. The van der Waals surface area contributed by atoms with Crippen molar-refractivity contribution in [2.45, 2.75) is 0 Å². The number of fused-ring (bicyclic) bond motifs is 3. The van der Waals surface area contributed by atoms with Crippen LogP contribution in [0.4, 0.5) is 5.69 Å². The van der Waals surface area contributed by atoms with Crippen LogP contribution >= 0.6 is 0 Å². The van der Waals surface area contributed by atoms with E-state index in [9.17, 15) is 0 Å². The molecule has 0 aliphatic carbocycles. The molecule has 0 fully saturated rings. The maximum Gasteiger partial charge on any atom is 0.144 e. The summed E-state index contributed by atoms with van der Waals surface area (Å²) in [6.07, 6.45) is 1.72. The standard InChI is InChI=1S/C8H6N4O/c9-5-3-6-4(1-2-10-6)7-8(5)12-13-11-7/h1-3,12H,9H2. The minimum atomic E-state index is 0.599. The first kappa shape index (κ1) is 6.47. The minimum Gasteiger partial charge on any atom is -0.397 e. The van der Waals surface area contributed by atoms with E-state index >= 15 is 0 Å². The second kappa shape index (κ2) is 2.01. The molecule has 0 unspecified atom stereocenters. The summed E-state index contributed by atoms with van der Waals surface area (Å²) in [5.74, 6) is 0. The summed E-state index contributed by atoms with van der Waals surface area (Å²) in [5, 5.41) is 7.41. The van der Waals surface area contributed by atoms with Crippen LogP contribution in [0.25, 0.3) is 21.9 Å². The topological polar surface area (TPSA) is 80.7 Å². The Morgan fingerprint density at radius 1 is 1.46 bits per heavy atom. The van der Waals surface area contributed by atoms with Gasteiger partial charge in [-0.15, -0.1) is 0 Å². The number of nitrogens with zero attached hydrogens (tertiary/aromatic N) is 2. The Morgan fingerprint density at radius 3 is 3.31 bits per heavy atom. The van der Waals surface area contributed by atoms with Gasteiger partial charge in [-0.1, -0.05) is 5.16 Å². The fourth-order valence-corrected chi connectivity index (χ4v) is 1.47. The molecule has 1 aromatic carbocycles. The molecule has 0 aliphatic heterocycles. The number of nitrogen functional groups attached to an aromatic ring is 1. The predicted molar refractivity (Wildman–Crippen MR) is 48.1 cm³/mol. The molecule has 0 radical (unpaired) electrons. The molecule has 13 heavy (non-hydrogen) atoms. The summed E-state index contributed by atoms with van der Waals surface area (Å²) in [4.78, 5) is 4.13. The average Bonchev–Trinajstić information content (AvgIpc) is 2.66. The van der Waals surface area contributed by atoms with E-state index in [0.717, 1.165) is 21.9 Å². The summed E-state index contributed by atoms with van der Waals surface area (Å²) in [5.41, 5.74) is 8.65. The van der Waals surface area contributed by atoms with E-state index in [0.29, 0.717) is 5.69 Å². The van der Waals surface area contributed by atoms with Crippen molar-refractivity contribution in [2.24, 2.45) is 0 Å². The average molecular weight is 174 g/mol. The van der Waals surface area contributed by atoms with Crippen molar-refractivity contribution in [3.63, 3.8) is 0 Å². The Kier molecular flexibility index (Phi) is 0.999. The highest BCUT2D eigenvalue weighted by atomic mass is 16.6. The summed E-state index contributed by atoms with van der Waals surface area (Å²) in [6, 6.07) is 3.68. The first-order valence-electron chi connectivity index (χ1n) is 3.83. The van der Waals surface area contributed by atoms with E-state index in [1.54, 1.807) is 12.3 Å². The molecule has 0 aliphatic rings. The zero-order chi connectivity index (χ0) is 8.84. The van der Waals surface area contributed by atoms with Crippen LogP contribution in [0, 0.1) is 0 Å². The number of nitrogens with one attached hydrogen (secondary N) is 1. The number of aromatic amines is 1. The molecule has 0 saturated heterocycles.